The molecular weight excluding hydrogens is 513 g/mol. The molecule has 3 aromatic heterocycles. The molecule has 14 heteroatoms. The van der Waals surface area contributed by atoms with Crippen LogP contribution in [0, 0.1) is 0 Å². The van der Waals surface area contributed by atoms with Gasteiger partial charge < -0.3 is 25.6 Å². The second kappa shape index (κ2) is 10.8. The number of nitrogens with one attached hydrogen (secondary N) is 3. The van der Waals surface area contributed by atoms with Crippen LogP contribution in [0.5, 0.6) is 0 Å². The summed E-state index contributed by atoms with van der Waals surface area (Å²) in [4.78, 5) is 27.8. The topological polar surface area (TPSA) is 119 Å². The van der Waals surface area contributed by atoms with E-state index in [0.29, 0.717) is 19.0 Å². The second-order valence-corrected chi connectivity index (χ2v) is 9.48. The number of carboxylic acids is 1. The molecule has 0 spiro atoms. The van der Waals surface area contributed by atoms with Gasteiger partial charge in [-0.15, -0.1) is 0 Å². The number of hydrogen-bond donors (Lipinski definition) is 4. The van der Waals surface area contributed by atoms with Gasteiger partial charge in [-0.3, -0.25) is 0 Å². The van der Waals surface area contributed by atoms with Gasteiger partial charge in [0.05, 0.1) is 12.2 Å². The van der Waals surface area contributed by atoms with E-state index in [-0.39, 0.29) is 59.0 Å². The molecule has 0 aromatic carbocycles. The Balaban J connectivity index is 1.52. The molecule has 1 aliphatic carbocycles. The first-order valence-corrected chi connectivity index (χ1v) is 12.0. The van der Waals surface area contributed by atoms with E-state index in [1.807, 2.05) is 4.90 Å². The second-order valence-electron chi connectivity index (χ2n) is 9.48. The van der Waals surface area contributed by atoms with Gasteiger partial charge in [0, 0.05) is 48.4 Å². The van der Waals surface area contributed by atoms with E-state index in [1.165, 1.54) is 25.4 Å². The maximum absolute atomic E-state index is 13.8. The number of carboxylic acid groups (broad SMARTS) is 1. The van der Waals surface area contributed by atoms with Gasteiger partial charge in [0.25, 0.3) is 5.92 Å². The van der Waals surface area contributed by atoms with E-state index in [2.05, 4.69) is 30.6 Å². The smallest absolute Gasteiger partial charge is 0.419 e. The number of carbonyl (C=O) groups is 1. The number of nitrogens with zero attached hydrogens (tertiary/aromatic N) is 4. The van der Waals surface area contributed by atoms with E-state index < -0.39 is 30.2 Å². The molecule has 3 aromatic rings. The summed E-state index contributed by atoms with van der Waals surface area (Å²) >= 11 is 0. The normalized spacial score (nSPS) is 18.4. The molecule has 206 valence electrons. The van der Waals surface area contributed by atoms with Crippen molar-refractivity contribution in [2.45, 2.75) is 49.9 Å². The maximum atomic E-state index is 13.8. The van der Waals surface area contributed by atoms with Gasteiger partial charge in [-0.25, -0.2) is 28.5 Å². The lowest BCUT2D eigenvalue weighted by molar-refractivity contribution is -0.137. The highest BCUT2D eigenvalue weighted by Gasteiger charge is 2.37. The number of aromatic amines is 1. The molecule has 9 nitrogen and oxygen atoms in total. The molecule has 4 N–H and O–H groups in total. The van der Waals surface area contributed by atoms with Crippen LogP contribution in [0.2, 0.25) is 0 Å². The van der Waals surface area contributed by atoms with E-state index in [0.717, 1.165) is 6.42 Å². The third kappa shape index (κ3) is 6.18. The average molecular weight is 542 g/mol. The van der Waals surface area contributed by atoms with Gasteiger partial charge in [-0.05, 0) is 45.5 Å². The van der Waals surface area contributed by atoms with E-state index in [1.54, 1.807) is 7.05 Å². The van der Waals surface area contributed by atoms with Crippen LogP contribution in [0.15, 0.2) is 24.5 Å². The highest BCUT2D eigenvalue weighted by atomic mass is 19.4. The number of alkyl halides is 5. The van der Waals surface area contributed by atoms with Gasteiger partial charge in [0.15, 0.2) is 5.69 Å². The van der Waals surface area contributed by atoms with Crippen LogP contribution in [-0.4, -0.2) is 81.1 Å². The van der Waals surface area contributed by atoms with E-state index >= 15 is 0 Å². The molecule has 0 radical (unpaired) electrons. The van der Waals surface area contributed by atoms with Crippen LogP contribution >= 0.6 is 0 Å². The zero-order chi connectivity index (χ0) is 27.7. The summed E-state index contributed by atoms with van der Waals surface area (Å²) in [5.41, 5.74) is -1.45. The summed E-state index contributed by atoms with van der Waals surface area (Å²) in [5, 5.41) is 15.0. The summed E-state index contributed by atoms with van der Waals surface area (Å²) in [5.74, 6) is -4.07. The monoisotopic (exact) mass is 541 g/mol. The van der Waals surface area contributed by atoms with Crippen LogP contribution in [0.4, 0.5) is 27.9 Å². The molecule has 0 aliphatic heterocycles. The van der Waals surface area contributed by atoms with Crippen LogP contribution < -0.4 is 10.6 Å². The lowest BCUT2D eigenvalue weighted by Gasteiger charge is -2.26. The lowest BCUT2D eigenvalue weighted by Crippen LogP contribution is -2.38. The van der Waals surface area contributed by atoms with Gasteiger partial charge >= 0.3 is 12.1 Å². The molecule has 1 aliphatic rings. The molecule has 4 rings (SSSR count). The Morgan fingerprint density at radius 3 is 2.66 bits per heavy atom. The Morgan fingerprint density at radius 1 is 1.21 bits per heavy atom. The van der Waals surface area contributed by atoms with E-state index in [4.69, 9.17) is 5.11 Å². The predicted octanol–water partition coefficient (Wildman–Crippen LogP) is 4.25. The number of pyridine rings is 1. The van der Waals surface area contributed by atoms with Crippen molar-refractivity contribution >= 4 is 23.0 Å². The van der Waals surface area contributed by atoms with E-state index in [9.17, 15) is 26.7 Å². The minimum atomic E-state index is -4.73. The van der Waals surface area contributed by atoms with Crippen molar-refractivity contribution in [1.82, 2.24) is 30.2 Å². The fourth-order valence-electron chi connectivity index (χ4n) is 4.73. The third-order valence-corrected chi connectivity index (χ3v) is 6.73. The molecule has 0 bridgehead atoms. The number of aromatic nitrogens is 4. The highest BCUT2D eigenvalue weighted by Crippen LogP contribution is 2.39. The number of aromatic carboxylic acids is 1. The van der Waals surface area contributed by atoms with Crippen molar-refractivity contribution < 1.29 is 31.9 Å². The third-order valence-electron chi connectivity index (χ3n) is 6.73. The first-order valence-electron chi connectivity index (χ1n) is 12.0. The number of hydrogen-bond acceptors (Lipinski definition) is 7. The Morgan fingerprint density at radius 2 is 1.97 bits per heavy atom. The zero-order valence-corrected chi connectivity index (χ0v) is 20.7. The predicted molar refractivity (Wildman–Crippen MR) is 130 cm³/mol. The number of fused-ring (bicyclic) bond motifs is 1. The summed E-state index contributed by atoms with van der Waals surface area (Å²) < 4.78 is 69.1. The van der Waals surface area contributed by atoms with Crippen LogP contribution in [0.3, 0.4) is 0 Å². The molecule has 1 saturated carbocycles. The number of anilines is 1. The lowest BCUT2D eigenvalue weighted by atomic mass is 10.1. The van der Waals surface area contributed by atoms with Crippen molar-refractivity contribution in [1.29, 1.82) is 0 Å². The molecule has 1 fully saturated rings. The standard InChI is InChI=1S/C24H28F5N7O2/c1-30-12-23(25,26)7-8-36(2)14-4-3-13(9-14)33-22-32-11-17(24(27,28)29)19(35-22)16-10-31-20-15(16)5-6-18(34-20)21(37)38/h5-6,10-11,13-14,30H,3-4,7-9,12H2,1-2H3,(H,31,34)(H,37,38)(H,32,33,35)/t13-,14-/m0/s1. The molecule has 0 unspecified atom stereocenters. The Hall–Kier alpha value is -3.39. The highest BCUT2D eigenvalue weighted by molar-refractivity contribution is 5.96. The van der Waals surface area contributed by atoms with Gasteiger partial charge in [0.2, 0.25) is 5.95 Å². The van der Waals surface area contributed by atoms with Crippen LogP contribution in [0.25, 0.3) is 22.3 Å². The molecule has 2 atom stereocenters. The van der Waals surface area contributed by atoms with Crippen molar-refractivity contribution in [3.63, 3.8) is 0 Å². The largest absolute Gasteiger partial charge is 0.477 e. The van der Waals surface area contributed by atoms with Crippen LogP contribution in [0.1, 0.15) is 41.7 Å². The summed E-state index contributed by atoms with van der Waals surface area (Å²) in [6.07, 6.45) is -0.987. The van der Waals surface area contributed by atoms with Crippen molar-refractivity contribution in [3.8, 4) is 11.3 Å². The average Bonchev–Trinajstić information content (AvgIpc) is 3.48. The minimum Gasteiger partial charge on any atom is -0.477 e. The van der Waals surface area contributed by atoms with Gasteiger partial charge in [0.1, 0.15) is 11.2 Å². The molecule has 0 saturated heterocycles. The quantitative estimate of drug-likeness (QED) is 0.282. The minimum absolute atomic E-state index is 0.00585. The Kier molecular flexibility index (Phi) is 7.83. The van der Waals surface area contributed by atoms with Crippen molar-refractivity contribution in [2.75, 3.05) is 32.5 Å². The first kappa shape index (κ1) is 27.6. The molecule has 0 amide bonds. The summed E-state index contributed by atoms with van der Waals surface area (Å²) in [7, 11) is 3.26. The maximum Gasteiger partial charge on any atom is 0.419 e. The molecule has 38 heavy (non-hydrogen) atoms. The van der Waals surface area contributed by atoms with Crippen LogP contribution in [-0.2, 0) is 6.18 Å². The summed E-state index contributed by atoms with van der Waals surface area (Å²) in [6.45, 7) is -0.179. The fourth-order valence-corrected chi connectivity index (χ4v) is 4.73. The number of H-pyrrole nitrogens is 1. The Bertz CT molecular complexity index is 1300. The Labute approximate surface area is 214 Å². The zero-order valence-electron chi connectivity index (χ0n) is 20.7. The fraction of sp³-hybridized carbons (Fsp3) is 0.500. The molecule has 3 heterocycles. The van der Waals surface area contributed by atoms with Crippen molar-refractivity contribution in [3.05, 3.63) is 35.8 Å². The molecular formula is C24H28F5N7O2. The van der Waals surface area contributed by atoms with Gasteiger partial charge in [-0.2, -0.15) is 13.2 Å². The first-order chi connectivity index (χ1) is 17.9. The number of halogens is 5. The van der Waals surface area contributed by atoms with Gasteiger partial charge in [-0.1, -0.05) is 0 Å². The van der Waals surface area contributed by atoms with Crippen molar-refractivity contribution in [2.24, 2.45) is 0 Å². The summed E-state index contributed by atoms with van der Waals surface area (Å²) in [6, 6.07) is 2.48. The number of rotatable bonds is 10. The SMILES string of the molecule is CNCC(F)(F)CCN(C)[C@H]1CC[C@H](Nc2ncc(C(F)(F)F)c(-c3c[nH]c4nc(C(=O)O)ccc34)n2)C1.